The minimum absolute atomic E-state index is 0.0492. The van der Waals surface area contributed by atoms with Gasteiger partial charge in [0.2, 0.25) is 0 Å². The zero-order valence-corrected chi connectivity index (χ0v) is 11.6. The molecule has 0 aliphatic heterocycles. The molecule has 0 radical (unpaired) electrons. The molecule has 0 fully saturated rings. The molecule has 2 heterocycles. The van der Waals surface area contributed by atoms with E-state index in [1.807, 2.05) is 17.7 Å². The molecule has 0 saturated carbocycles. The summed E-state index contributed by atoms with van der Waals surface area (Å²) in [5.74, 6) is -0.473. The van der Waals surface area contributed by atoms with Crippen molar-refractivity contribution >= 4 is 10.9 Å². The van der Waals surface area contributed by atoms with Crippen molar-refractivity contribution in [2.45, 2.75) is 25.9 Å². The molecular weight excluding hydrogens is 271 g/mol. The first-order valence-corrected chi connectivity index (χ1v) is 6.81. The number of rotatable bonds is 4. The largest absolute Gasteiger partial charge is 0.335 e. The lowest BCUT2D eigenvalue weighted by atomic mass is 10.2. The number of aromatic nitrogens is 4. The van der Waals surface area contributed by atoms with Crippen LogP contribution in [-0.2, 0) is 6.54 Å². The number of hydrogen-bond donors (Lipinski definition) is 0. The van der Waals surface area contributed by atoms with Gasteiger partial charge in [0, 0.05) is 18.9 Å². The van der Waals surface area contributed by atoms with Gasteiger partial charge in [0.05, 0.1) is 24.1 Å². The third kappa shape index (κ3) is 2.44. The second-order valence-electron chi connectivity index (χ2n) is 4.91. The molecule has 6 heteroatoms. The van der Waals surface area contributed by atoms with Crippen molar-refractivity contribution in [3.63, 3.8) is 0 Å². The summed E-state index contributed by atoms with van der Waals surface area (Å²) in [4.78, 5) is 20.6. The molecule has 0 amide bonds. The maximum absolute atomic E-state index is 13.7. The van der Waals surface area contributed by atoms with E-state index in [1.54, 1.807) is 23.2 Å². The molecule has 5 nitrogen and oxygen atoms in total. The van der Waals surface area contributed by atoms with E-state index in [9.17, 15) is 9.18 Å². The molecule has 0 spiro atoms. The quantitative estimate of drug-likeness (QED) is 0.740. The first-order chi connectivity index (χ1) is 10.2. The number of hydrogen-bond acceptors (Lipinski definition) is 3. The fraction of sp³-hybridized carbons (Fsp3) is 0.267. The summed E-state index contributed by atoms with van der Waals surface area (Å²) in [6, 6.07) is 4.39. The fourth-order valence-corrected chi connectivity index (χ4v) is 2.44. The Kier molecular flexibility index (Phi) is 3.51. The first kappa shape index (κ1) is 13.5. The van der Waals surface area contributed by atoms with Crippen LogP contribution in [0, 0.1) is 5.82 Å². The number of para-hydroxylation sites is 1. The van der Waals surface area contributed by atoms with E-state index < -0.39 is 5.82 Å². The third-order valence-corrected chi connectivity index (χ3v) is 3.61. The van der Waals surface area contributed by atoms with Crippen molar-refractivity contribution in [1.29, 1.82) is 0 Å². The van der Waals surface area contributed by atoms with Gasteiger partial charge in [-0.3, -0.25) is 9.36 Å². The normalized spacial score (nSPS) is 12.7. The van der Waals surface area contributed by atoms with Gasteiger partial charge in [-0.05, 0) is 18.6 Å². The maximum Gasteiger partial charge on any atom is 0.261 e. The van der Waals surface area contributed by atoms with E-state index in [0.29, 0.717) is 11.9 Å². The predicted octanol–water partition coefficient (Wildman–Crippen LogP) is 2.38. The van der Waals surface area contributed by atoms with Crippen molar-refractivity contribution < 1.29 is 4.39 Å². The monoisotopic (exact) mass is 286 g/mol. The highest BCUT2D eigenvalue weighted by atomic mass is 19.1. The Morgan fingerprint density at radius 2 is 2.19 bits per heavy atom. The van der Waals surface area contributed by atoms with Gasteiger partial charge in [-0.1, -0.05) is 13.0 Å². The molecule has 21 heavy (non-hydrogen) atoms. The lowest BCUT2D eigenvalue weighted by Gasteiger charge is -2.18. The highest BCUT2D eigenvalue weighted by Gasteiger charge is 2.14. The van der Waals surface area contributed by atoms with Gasteiger partial charge < -0.3 is 4.57 Å². The van der Waals surface area contributed by atoms with Gasteiger partial charge in [-0.25, -0.2) is 14.4 Å². The molecule has 1 atom stereocenters. The maximum atomic E-state index is 13.7. The standard InChI is InChI=1S/C15H15FN4O/c1-2-11(8-19-7-6-17-9-19)20-10-18-14-12(15(20)21)4-3-5-13(14)16/h3-7,9-11H,2,8H2,1H3. The van der Waals surface area contributed by atoms with E-state index in [-0.39, 0.29) is 17.1 Å². The van der Waals surface area contributed by atoms with Crippen LogP contribution in [0.3, 0.4) is 0 Å². The average Bonchev–Trinajstić information content (AvgIpc) is 2.99. The van der Waals surface area contributed by atoms with E-state index >= 15 is 0 Å². The van der Waals surface area contributed by atoms with Crippen LogP contribution < -0.4 is 5.56 Å². The van der Waals surface area contributed by atoms with E-state index in [2.05, 4.69) is 9.97 Å². The zero-order valence-electron chi connectivity index (χ0n) is 11.6. The Labute approximate surface area is 120 Å². The Morgan fingerprint density at radius 1 is 1.33 bits per heavy atom. The Hall–Kier alpha value is -2.50. The molecule has 0 aliphatic carbocycles. The molecule has 0 bridgehead atoms. The highest BCUT2D eigenvalue weighted by Crippen LogP contribution is 2.15. The predicted molar refractivity (Wildman–Crippen MR) is 77.5 cm³/mol. The van der Waals surface area contributed by atoms with Crippen LogP contribution in [0.2, 0.25) is 0 Å². The average molecular weight is 286 g/mol. The summed E-state index contributed by atoms with van der Waals surface area (Å²) in [6.07, 6.45) is 7.45. The number of fused-ring (bicyclic) bond motifs is 1. The minimum Gasteiger partial charge on any atom is -0.335 e. The summed E-state index contributed by atoms with van der Waals surface area (Å²) >= 11 is 0. The van der Waals surface area contributed by atoms with Crippen molar-refractivity contribution in [2.24, 2.45) is 0 Å². The molecule has 0 aliphatic rings. The van der Waals surface area contributed by atoms with Crippen LogP contribution >= 0.6 is 0 Å². The Morgan fingerprint density at radius 3 is 2.90 bits per heavy atom. The van der Waals surface area contributed by atoms with Crippen molar-refractivity contribution in [1.82, 2.24) is 19.1 Å². The Balaban J connectivity index is 2.07. The number of imidazole rings is 1. The zero-order chi connectivity index (χ0) is 14.8. The molecule has 3 aromatic rings. The van der Waals surface area contributed by atoms with Crippen LogP contribution in [0.5, 0.6) is 0 Å². The molecule has 0 N–H and O–H groups in total. The second-order valence-corrected chi connectivity index (χ2v) is 4.91. The summed E-state index contributed by atoms with van der Waals surface area (Å²) < 4.78 is 17.1. The summed E-state index contributed by atoms with van der Waals surface area (Å²) in [7, 11) is 0. The molecule has 1 unspecified atom stereocenters. The van der Waals surface area contributed by atoms with Crippen molar-refractivity contribution in [3.8, 4) is 0 Å². The van der Waals surface area contributed by atoms with Gasteiger partial charge in [0.25, 0.3) is 5.56 Å². The van der Waals surface area contributed by atoms with Gasteiger partial charge in [0.15, 0.2) is 0 Å². The van der Waals surface area contributed by atoms with E-state index in [0.717, 1.165) is 6.42 Å². The number of nitrogens with zero attached hydrogens (tertiary/aromatic N) is 4. The lowest BCUT2D eigenvalue weighted by molar-refractivity contribution is 0.405. The fourth-order valence-electron chi connectivity index (χ4n) is 2.44. The third-order valence-electron chi connectivity index (χ3n) is 3.61. The van der Waals surface area contributed by atoms with Crippen molar-refractivity contribution in [2.75, 3.05) is 0 Å². The smallest absolute Gasteiger partial charge is 0.261 e. The van der Waals surface area contributed by atoms with Gasteiger partial charge in [-0.15, -0.1) is 0 Å². The molecule has 2 aromatic heterocycles. The van der Waals surface area contributed by atoms with Crippen LogP contribution in [-0.4, -0.2) is 19.1 Å². The molecule has 0 saturated heterocycles. The molecular formula is C15H15FN4O. The molecule has 1 aromatic carbocycles. The first-order valence-electron chi connectivity index (χ1n) is 6.81. The van der Waals surface area contributed by atoms with E-state index in [4.69, 9.17) is 0 Å². The topological polar surface area (TPSA) is 52.7 Å². The number of benzene rings is 1. The molecule has 3 rings (SSSR count). The Bertz CT molecular complexity index is 810. The van der Waals surface area contributed by atoms with Crippen LogP contribution in [0.1, 0.15) is 19.4 Å². The second kappa shape index (κ2) is 5.47. The van der Waals surface area contributed by atoms with Crippen LogP contribution in [0.15, 0.2) is 48.0 Å². The summed E-state index contributed by atoms with van der Waals surface area (Å²) in [5, 5.41) is 0.307. The number of halogens is 1. The highest BCUT2D eigenvalue weighted by molar-refractivity contribution is 5.77. The van der Waals surface area contributed by atoms with Gasteiger partial charge in [0.1, 0.15) is 11.3 Å². The molecule has 108 valence electrons. The van der Waals surface area contributed by atoms with Crippen molar-refractivity contribution in [3.05, 3.63) is 59.4 Å². The van der Waals surface area contributed by atoms with Crippen LogP contribution in [0.25, 0.3) is 10.9 Å². The summed E-state index contributed by atoms with van der Waals surface area (Å²) in [5.41, 5.74) is -0.0947. The van der Waals surface area contributed by atoms with Gasteiger partial charge in [-0.2, -0.15) is 0 Å². The lowest BCUT2D eigenvalue weighted by Crippen LogP contribution is -2.27. The van der Waals surface area contributed by atoms with E-state index in [1.165, 1.54) is 18.5 Å². The minimum atomic E-state index is -0.473. The van der Waals surface area contributed by atoms with Gasteiger partial charge >= 0.3 is 0 Å². The summed E-state index contributed by atoms with van der Waals surface area (Å²) in [6.45, 7) is 2.63. The van der Waals surface area contributed by atoms with Crippen LogP contribution in [0.4, 0.5) is 4.39 Å². The SMILES string of the molecule is CCC(Cn1ccnc1)n1cnc2c(F)cccc2c1=O.